The molecule has 1 atom stereocenters. The molecule has 0 N–H and O–H groups in total. The van der Waals surface area contributed by atoms with Crippen LogP contribution in [0.15, 0.2) is 53.4 Å². The SMILES string of the molecule is CCCOC(=O)C(c1ccccc1)N1C(=O)/C(=C/c2ccc(OC)c(OCC)c2)SC1=S. The van der Waals surface area contributed by atoms with Crippen LogP contribution in [0.25, 0.3) is 6.08 Å². The van der Waals surface area contributed by atoms with Crippen LogP contribution in [-0.4, -0.2) is 41.4 Å². The van der Waals surface area contributed by atoms with Gasteiger partial charge in [0.2, 0.25) is 0 Å². The van der Waals surface area contributed by atoms with Crippen molar-refractivity contribution in [3.05, 3.63) is 64.6 Å². The van der Waals surface area contributed by atoms with Gasteiger partial charge in [-0.2, -0.15) is 0 Å². The second-order valence-corrected chi connectivity index (χ2v) is 8.55. The largest absolute Gasteiger partial charge is 0.493 e. The fraction of sp³-hybridized carbons (Fsp3) is 0.292. The molecule has 1 amide bonds. The highest BCUT2D eigenvalue weighted by molar-refractivity contribution is 8.26. The normalized spacial score (nSPS) is 15.7. The van der Waals surface area contributed by atoms with Gasteiger partial charge in [-0.15, -0.1) is 0 Å². The zero-order chi connectivity index (χ0) is 23.1. The maximum atomic E-state index is 13.3. The van der Waals surface area contributed by atoms with Crippen LogP contribution in [0.5, 0.6) is 11.5 Å². The lowest BCUT2D eigenvalue weighted by atomic mass is 10.1. The van der Waals surface area contributed by atoms with Gasteiger partial charge < -0.3 is 14.2 Å². The van der Waals surface area contributed by atoms with Gasteiger partial charge in [0.15, 0.2) is 17.5 Å². The topological polar surface area (TPSA) is 65.1 Å². The molecule has 0 spiro atoms. The molecule has 32 heavy (non-hydrogen) atoms. The summed E-state index contributed by atoms with van der Waals surface area (Å²) < 4.78 is 16.6. The first kappa shape index (κ1) is 23.8. The highest BCUT2D eigenvalue weighted by atomic mass is 32.2. The minimum Gasteiger partial charge on any atom is -0.493 e. The van der Waals surface area contributed by atoms with Crippen molar-refractivity contribution in [2.75, 3.05) is 20.3 Å². The molecule has 0 bridgehead atoms. The van der Waals surface area contributed by atoms with E-state index in [4.69, 9.17) is 26.4 Å². The van der Waals surface area contributed by atoms with E-state index in [1.165, 1.54) is 4.90 Å². The minimum atomic E-state index is -0.934. The minimum absolute atomic E-state index is 0.277. The molecule has 2 aromatic carbocycles. The predicted molar refractivity (Wildman–Crippen MR) is 130 cm³/mol. The monoisotopic (exact) mass is 471 g/mol. The van der Waals surface area contributed by atoms with Crippen LogP contribution in [0, 0.1) is 0 Å². The number of hydrogen-bond acceptors (Lipinski definition) is 7. The van der Waals surface area contributed by atoms with Gasteiger partial charge in [0.25, 0.3) is 5.91 Å². The van der Waals surface area contributed by atoms with Crippen molar-refractivity contribution in [2.45, 2.75) is 26.3 Å². The fourth-order valence-electron chi connectivity index (χ4n) is 3.21. The van der Waals surface area contributed by atoms with Crippen molar-refractivity contribution >= 4 is 46.3 Å². The predicted octanol–water partition coefficient (Wildman–Crippen LogP) is 4.99. The van der Waals surface area contributed by atoms with E-state index in [0.717, 1.165) is 17.3 Å². The summed E-state index contributed by atoms with van der Waals surface area (Å²) in [4.78, 5) is 28.0. The Kier molecular flexibility index (Phi) is 8.30. The van der Waals surface area contributed by atoms with E-state index in [0.29, 0.717) is 39.3 Å². The quantitative estimate of drug-likeness (QED) is 0.290. The number of hydrogen-bond donors (Lipinski definition) is 0. The molecule has 1 heterocycles. The Balaban J connectivity index is 1.94. The van der Waals surface area contributed by atoms with Gasteiger partial charge >= 0.3 is 5.97 Å². The number of thiocarbonyl (C=S) groups is 1. The van der Waals surface area contributed by atoms with E-state index in [9.17, 15) is 9.59 Å². The number of benzene rings is 2. The van der Waals surface area contributed by atoms with Crippen LogP contribution < -0.4 is 9.47 Å². The molecule has 6 nitrogen and oxygen atoms in total. The summed E-state index contributed by atoms with van der Waals surface area (Å²) in [6.07, 6.45) is 2.42. The van der Waals surface area contributed by atoms with Gasteiger partial charge in [-0.3, -0.25) is 9.69 Å². The molecule has 168 valence electrons. The van der Waals surface area contributed by atoms with Crippen LogP contribution in [0.2, 0.25) is 0 Å². The molecule has 0 aromatic heterocycles. The number of amides is 1. The maximum absolute atomic E-state index is 13.3. The molecule has 0 aliphatic carbocycles. The Morgan fingerprint density at radius 2 is 1.91 bits per heavy atom. The van der Waals surface area contributed by atoms with Crippen molar-refractivity contribution in [2.24, 2.45) is 0 Å². The molecule has 1 unspecified atom stereocenters. The molecular formula is C24H25NO5S2. The molecule has 1 aliphatic rings. The lowest BCUT2D eigenvalue weighted by molar-refractivity contribution is -0.151. The molecule has 3 rings (SSSR count). The molecular weight excluding hydrogens is 446 g/mol. The van der Waals surface area contributed by atoms with Crippen molar-refractivity contribution in [1.82, 2.24) is 4.90 Å². The van der Waals surface area contributed by atoms with Crippen molar-refractivity contribution in [3.63, 3.8) is 0 Å². The van der Waals surface area contributed by atoms with Gasteiger partial charge in [0.05, 0.1) is 25.2 Å². The first-order chi connectivity index (χ1) is 15.5. The summed E-state index contributed by atoms with van der Waals surface area (Å²) in [5.41, 5.74) is 1.41. The zero-order valence-electron chi connectivity index (χ0n) is 18.2. The smallest absolute Gasteiger partial charge is 0.333 e. The first-order valence-corrected chi connectivity index (χ1v) is 11.5. The first-order valence-electron chi connectivity index (χ1n) is 10.3. The van der Waals surface area contributed by atoms with E-state index in [1.54, 1.807) is 37.5 Å². The number of nitrogens with zero attached hydrogens (tertiary/aromatic N) is 1. The summed E-state index contributed by atoms with van der Waals surface area (Å²) >= 11 is 6.66. The molecule has 8 heteroatoms. The average molecular weight is 472 g/mol. The van der Waals surface area contributed by atoms with E-state index in [-0.39, 0.29) is 12.5 Å². The third-order valence-corrected chi connectivity index (χ3v) is 5.98. The highest BCUT2D eigenvalue weighted by Crippen LogP contribution is 2.39. The number of esters is 1. The summed E-state index contributed by atoms with van der Waals surface area (Å²) in [5.74, 6) is 0.360. The molecule has 0 radical (unpaired) electrons. The van der Waals surface area contributed by atoms with Gasteiger partial charge in [0, 0.05) is 0 Å². The molecule has 1 aliphatic heterocycles. The number of ether oxygens (including phenoxy) is 3. The van der Waals surface area contributed by atoms with Gasteiger partial charge in [0.1, 0.15) is 4.32 Å². The summed E-state index contributed by atoms with van der Waals surface area (Å²) in [6.45, 7) is 4.57. The summed E-state index contributed by atoms with van der Waals surface area (Å²) in [6, 6.07) is 13.5. The van der Waals surface area contributed by atoms with Gasteiger partial charge in [-0.25, -0.2) is 4.79 Å². The van der Waals surface area contributed by atoms with Crippen molar-refractivity contribution < 1.29 is 23.8 Å². The maximum Gasteiger partial charge on any atom is 0.333 e. The Morgan fingerprint density at radius 1 is 1.16 bits per heavy atom. The summed E-state index contributed by atoms with van der Waals surface area (Å²) in [5, 5.41) is 0. The van der Waals surface area contributed by atoms with Crippen LogP contribution in [0.1, 0.15) is 37.4 Å². The number of carbonyl (C=O) groups is 2. The second kappa shape index (κ2) is 11.2. The lowest BCUT2D eigenvalue weighted by Crippen LogP contribution is -2.38. The van der Waals surface area contributed by atoms with Crippen LogP contribution in [0.4, 0.5) is 0 Å². The Morgan fingerprint density at radius 3 is 2.56 bits per heavy atom. The standard InChI is InChI=1S/C24H25NO5S2/c1-4-13-30-23(27)21(17-9-7-6-8-10-17)25-22(26)20(32-24(25)31)15-16-11-12-18(28-3)19(14-16)29-5-2/h6-12,14-15,21H,4-5,13H2,1-3H3/b20-15-. The number of rotatable bonds is 9. The Labute approximate surface area is 197 Å². The molecule has 2 aromatic rings. The van der Waals surface area contributed by atoms with E-state index in [2.05, 4.69) is 0 Å². The number of methoxy groups -OCH3 is 1. The van der Waals surface area contributed by atoms with Crippen LogP contribution in [-0.2, 0) is 14.3 Å². The van der Waals surface area contributed by atoms with Gasteiger partial charge in [-0.1, -0.05) is 67.3 Å². The summed E-state index contributed by atoms with van der Waals surface area (Å²) in [7, 11) is 1.57. The van der Waals surface area contributed by atoms with Crippen LogP contribution in [0.3, 0.4) is 0 Å². The van der Waals surface area contributed by atoms with Crippen molar-refractivity contribution in [3.8, 4) is 11.5 Å². The third-order valence-electron chi connectivity index (χ3n) is 4.65. The zero-order valence-corrected chi connectivity index (χ0v) is 19.8. The fourth-order valence-corrected chi connectivity index (χ4v) is 4.53. The second-order valence-electron chi connectivity index (χ2n) is 6.88. The highest BCUT2D eigenvalue weighted by Gasteiger charge is 2.42. The number of carbonyl (C=O) groups excluding carboxylic acids is 2. The number of thioether (sulfide) groups is 1. The Bertz CT molecular complexity index is 1020. The average Bonchev–Trinajstić information content (AvgIpc) is 3.07. The van der Waals surface area contributed by atoms with Crippen LogP contribution >= 0.6 is 24.0 Å². The lowest BCUT2D eigenvalue weighted by Gasteiger charge is -2.25. The van der Waals surface area contributed by atoms with Gasteiger partial charge in [-0.05, 0) is 42.7 Å². The van der Waals surface area contributed by atoms with E-state index in [1.807, 2.05) is 38.1 Å². The third kappa shape index (κ3) is 5.31. The Hall–Kier alpha value is -2.84. The van der Waals surface area contributed by atoms with E-state index < -0.39 is 12.0 Å². The molecule has 1 fully saturated rings. The molecule has 0 saturated carbocycles. The molecule has 1 saturated heterocycles. The van der Waals surface area contributed by atoms with E-state index >= 15 is 0 Å². The van der Waals surface area contributed by atoms with Crippen molar-refractivity contribution in [1.29, 1.82) is 0 Å².